The molecule has 4 nitrogen and oxygen atoms in total. The molecule has 0 saturated carbocycles. The Labute approximate surface area is 122 Å². The van der Waals surface area contributed by atoms with Crippen LogP contribution in [-0.4, -0.2) is 17.3 Å². The molecule has 0 saturated heterocycles. The Hall–Kier alpha value is -2.54. The van der Waals surface area contributed by atoms with E-state index >= 15 is 0 Å². The maximum atomic E-state index is 12.2. The summed E-state index contributed by atoms with van der Waals surface area (Å²) in [6.45, 7) is 0. The van der Waals surface area contributed by atoms with Crippen molar-refractivity contribution < 1.29 is 32.5 Å². The van der Waals surface area contributed by atoms with Crippen LogP contribution in [0.4, 0.5) is 13.2 Å². The summed E-state index contributed by atoms with van der Waals surface area (Å²) in [5.41, 5.74) is 1.84. The van der Waals surface area contributed by atoms with E-state index in [-0.39, 0.29) is 11.5 Å². The van der Waals surface area contributed by atoms with Gasteiger partial charge in [-0.1, -0.05) is 24.3 Å². The van der Waals surface area contributed by atoms with Gasteiger partial charge in [0.25, 0.3) is 0 Å². The van der Waals surface area contributed by atoms with E-state index in [1.54, 1.807) is 24.3 Å². The number of benzene rings is 2. The number of aliphatic hydroxyl groups is 1. The van der Waals surface area contributed by atoms with Crippen molar-refractivity contribution in [2.24, 2.45) is 0 Å². The van der Waals surface area contributed by atoms with Crippen LogP contribution >= 0.6 is 0 Å². The van der Waals surface area contributed by atoms with Crippen LogP contribution in [0.2, 0.25) is 0 Å². The van der Waals surface area contributed by atoms with Gasteiger partial charge in [0.2, 0.25) is 6.29 Å². The van der Waals surface area contributed by atoms with Crippen LogP contribution in [0.15, 0.2) is 42.5 Å². The Kier molecular flexibility index (Phi) is 3.29. The van der Waals surface area contributed by atoms with Gasteiger partial charge in [0.1, 0.15) is 11.5 Å². The Morgan fingerprint density at radius 2 is 1.86 bits per heavy atom. The lowest BCUT2D eigenvalue weighted by Gasteiger charge is -2.25. The molecule has 1 aliphatic rings. The third-order valence-electron chi connectivity index (χ3n) is 3.15. The number of esters is 1. The number of fused-ring (bicyclic) bond motifs is 3. The Bertz CT molecular complexity index is 740. The largest absolute Gasteiger partial charge is 0.491 e. The van der Waals surface area contributed by atoms with E-state index in [2.05, 4.69) is 4.74 Å². The minimum absolute atomic E-state index is 0.138. The molecule has 2 aromatic carbocycles. The topological polar surface area (TPSA) is 55.8 Å². The Morgan fingerprint density at radius 3 is 2.59 bits per heavy atom. The predicted molar refractivity (Wildman–Crippen MR) is 69.2 cm³/mol. The van der Waals surface area contributed by atoms with Crippen molar-refractivity contribution in [2.75, 3.05) is 0 Å². The zero-order valence-electron chi connectivity index (χ0n) is 10.9. The first kappa shape index (κ1) is 14.4. The summed E-state index contributed by atoms with van der Waals surface area (Å²) in [5, 5.41) is 9.90. The lowest BCUT2D eigenvalue weighted by atomic mass is 9.96. The zero-order chi connectivity index (χ0) is 15.9. The molecular weight excluding hydrogens is 301 g/mol. The highest BCUT2D eigenvalue weighted by molar-refractivity contribution is 5.80. The first-order valence-electron chi connectivity index (χ1n) is 6.23. The summed E-state index contributed by atoms with van der Waals surface area (Å²) in [7, 11) is 0. The fourth-order valence-electron chi connectivity index (χ4n) is 2.19. The highest BCUT2D eigenvalue weighted by atomic mass is 19.4. The van der Waals surface area contributed by atoms with E-state index < -0.39 is 18.4 Å². The van der Waals surface area contributed by atoms with Crippen molar-refractivity contribution >= 4 is 5.97 Å². The van der Waals surface area contributed by atoms with E-state index in [0.717, 1.165) is 6.07 Å². The monoisotopic (exact) mass is 310 g/mol. The standard InChI is InChI=1S/C15H9F3O4/c16-15(17,18)14(20)21-8-5-6-10-9-3-1-2-4-11(9)13(19)22-12(10)7-8/h1-7,13,19H. The van der Waals surface area contributed by atoms with E-state index in [1.807, 2.05) is 0 Å². The molecule has 1 N–H and O–H groups in total. The lowest BCUT2D eigenvalue weighted by molar-refractivity contribution is -0.189. The molecule has 1 heterocycles. The molecule has 0 radical (unpaired) electrons. The molecule has 1 unspecified atom stereocenters. The van der Waals surface area contributed by atoms with Gasteiger partial charge in [0, 0.05) is 17.2 Å². The molecule has 0 amide bonds. The van der Waals surface area contributed by atoms with E-state index in [9.17, 15) is 23.1 Å². The lowest BCUT2D eigenvalue weighted by Crippen LogP contribution is -2.28. The summed E-state index contributed by atoms with van der Waals surface area (Å²) >= 11 is 0. The summed E-state index contributed by atoms with van der Waals surface area (Å²) in [6.07, 6.45) is -6.32. The summed E-state index contributed by atoms with van der Waals surface area (Å²) in [5.74, 6) is -2.49. The van der Waals surface area contributed by atoms with Gasteiger partial charge in [0.05, 0.1) is 0 Å². The van der Waals surface area contributed by atoms with Gasteiger partial charge in [-0.2, -0.15) is 13.2 Å². The van der Waals surface area contributed by atoms with Crippen LogP contribution in [0.3, 0.4) is 0 Å². The Morgan fingerprint density at radius 1 is 1.14 bits per heavy atom. The van der Waals surface area contributed by atoms with Crippen LogP contribution in [-0.2, 0) is 4.79 Å². The van der Waals surface area contributed by atoms with E-state index in [0.29, 0.717) is 16.7 Å². The number of halogens is 3. The molecule has 0 spiro atoms. The summed E-state index contributed by atoms with van der Waals surface area (Å²) in [6, 6.07) is 10.8. The summed E-state index contributed by atoms with van der Waals surface area (Å²) in [4.78, 5) is 10.8. The van der Waals surface area contributed by atoms with E-state index in [1.165, 1.54) is 12.1 Å². The molecule has 1 atom stereocenters. The van der Waals surface area contributed by atoms with Gasteiger partial charge in [-0.25, -0.2) is 4.79 Å². The number of ether oxygens (including phenoxy) is 2. The fraction of sp³-hybridized carbons (Fsp3) is 0.133. The third kappa shape index (κ3) is 2.50. The van der Waals surface area contributed by atoms with Gasteiger partial charge in [-0.15, -0.1) is 0 Å². The van der Waals surface area contributed by atoms with Crippen molar-refractivity contribution in [1.29, 1.82) is 0 Å². The fourth-order valence-corrected chi connectivity index (χ4v) is 2.19. The average molecular weight is 310 g/mol. The highest BCUT2D eigenvalue weighted by Gasteiger charge is 2.41. The Balaban J connectivity index is 1.96. The molecule has 1 aliphatic heterocycles. The molecule has 7 heteroatoms. The van der Waals surface area contributed by atoms with Crippen molar-refractivity contribution in [2.45, 2.75) is 12.5 Å². The first-order valence-corrected chi connectivity index (χ1v) is 6.23. The SMILES string of the molecule is O=C(Oc1ccc2c(c1)OC(O)c1ccccc1-2)C(F)(F)F. The van der Waals surface area contributed by atoms with Crippen molar-refractivity contribution in [3.63, 3.8) is 0 Å². The molecule has 0 bridgehead atoms. The highest BCUT2D eigenvalue weighted by Crippen LogP contribution is 2.43. The number of aliphatic hydroxyl groups excluding tert-OH is 1. The normalized spacial score (nSPS) is 16.3. The van der Waals surface area contributed by atoms with Crippen LogP contribution < -0.4 is 9.47 Å². The molecule has 0 aliphatic carbocycles. The molecular formula is C15H9F3O4. The first-order chi connectivity index (χ1) is 10.4. The smallest absolute Gasteiger partial charge is 0.460 e. The van der Waals surface area contributed by atoms with Crippen molar-refractivity contribution in [1.82, 2.24) is 0 Å². The molecule has 2 aromatic rings. The maximum Gasteiger partial charge on any atom is 0.491 e. The molecule has 0 fully saturated rings. The van der Waals surface area contributed by atoms with Crippen LogP contribution in [0, 0.1) is 0 Å². The minimum Gasteiger partial charge on any atom is -0.460 e. The molecule has 22 heavy (non-hydrogen) atoms. The third-order valence-corrected chi connectivity index (χ3v) is 3.15. The summed E-state index contributed by atoms with van der Waals surface area (Å²) < 4.78 is 46.1. The minimum atomic E-state index is -5.08. The molecule has 0 aromatic heterocycles. The second-order valence-electron chi connectivity index (χ2n) is 4.60. The van der Waals surface area contributed by atoms with Crippen LogP contribution in [0.5, 0.6) is 11.5 Å². The maximum absolute atomic E-state index is 12.2. The van der Waals surface area contributed by atoms with Crippen molar-refractivity contribution in [3.05, 3.63) is 48.0 Å². The number of rotatable bonds is 1. The number of carbonyl (C=O) groups excluding carboxylic acids is 1. The number of hydrogen-bond acceptors (Lipinski definition) is 4. The average Bonchev–Trinajstić information content (AvgIpc) is 2.46. The molecule has 3 rings (SSSR count). The molecule has 114 valence electrons. The van der Waals surface area contributed by atoms with Crippen molar-refractivity contribution in [3.8, 4) is 22.6 Å². The number of hydrogen-bond donors (Lipinski definition) is 1. The predicted octanol–water partition coefficient (Wildman–Crippen LogP) is 3.20. The second kappa shape index (κ2) is 5.03. The van der Waals surface area contributed by atoms with Gasteiger partial charge >= 0.3 is 12.1 Å². The van der Waals surface area contributed by atoms with E-state index in [4.69, 9.17) is 4.74 Å². The second-order valence-corrected chi connectivity index (χ2v) is 4.60. The quantitative estimate of drug-likeness (QED) is 0.649. The number of carbonyl (C=O) groups is 1. The zero-order valence-corrected chi connectivity index (χ0v) is 10.9. The van der Waals surface area contributed by atoms with Crippen LogP contribution in [0.1, 0.15) is 11.9 Å². The number of alkyl halides is 3. The van der Waals surface area contributed by atoms with Gasteiger partial charge < -0.3 is 14.6 Å². The van der Waals surface area contributed by atoms with Gasteiger partial charge in [0.15, 0.2) is 0 Å². The van der Waals surface area contributed by atoms with Gasteiger partial charge in [-0.3, -0.25) is 0 Å². The van der Waals surface area contributed by atoms with Gasteiger partial charge in [-0.05, 0) is 17.7 Å². The van der Waals surface area contributed by atoms with Crippen LogP contribution in [0.25, 0.3) is 11.1 Å².